The van der Waals surface area contributed by atoms with Crippen LogP contribution in [0.15, 0.2) is 116 Å². The van der Waals surface area contributed by atoms with Gasteiger partial charge in [-0.1, -0.05) is 36.4 Å². The summed E-state index contributed by atoms with van der Waals surface area (Å²) >= 11 is 0. The zero-order valence-electron chi connectivity index (χ0n) is 21.7. The van der Waals surface area contributed by atoms with Crippen molar-refractivity contribution in [1.82, 2.24) is 19.9 Å². The fourth-order valence-electron chi connectivity index (χ4n) is 3.17. The van der Waals surface area contributed by atoms with E-state index in [0.29, 0.717) is 40.6 Å². The molecule has 4 aromatic heterocycles. The molecule has 0 aliphatic heterocycles. The maximum Gasteiger partial charge on any atom is 0.533 e. The van der Waals surface area contributed by atoms with E-state index in [1.54, 1.807) is 104 Å². The fourth-order valence-corrected chi connectivity index (χ4v) is 5.07. The first-order valence-corrected chi connectivity index (χ1v) is 14.4. The molecule has 0 N–H and O–H groups in total. The van der Waals surface area contributed by atoms with Crippen LogP contribution in [0.2, 0.25) is 0 Å². The maximum absolute atomic E-state index is 6.28. The molecule has 208 valence electrons. The quantitative estimate of drug-likeness (QED) is 0.125. The minimum Gasteiger partial charge on any atom is -0.493 e. The smallest absolute Gasteiger partial charge is 0.493 e. The van der Waals surface area contributed by atoms with Crippen LogP contribution in [0.5, 0.6) is 35.0 Å². The number of aromatic nitrogens is 4. The Bertz CT molecular complexity index is 1390. The molecule has 0 spiro atoms. The van der Waals surface area contributed by atoms with Crippen molar-refractivity contribution in [3.63, 3.8) is 0 Å². The summed E-state index contributed by atoms with van der Waals surface area (Å²) in [6.45, 7) is 0.0221. The lowest BCUT2D eigenvalue weighted by atomic mass is 10.2. The van der Waals surface area contributed by atoms with Crippen molar-refractivity contribution >= 4 is 17.2 Å². The van der Waals surface area contributed by atoms with Crippen molar-refractivity contribution in [3.05, 3.63) is 121 Å². The highest BCUT2D eigenvalue weighted by atomic mass is 31.2. The molecule has 5 rings (SSSR count). The third-order valence-electron chi connectivity index (χ3n) is 4.99. The van der Waals surface area contributed by atoms with Gasteiger partial charge in [0.05, 0.1) is 13.7 Å². The zero-order valence-corrected chi connectivity index (χ0v) is 23.5. The van der Waals surface area contributed by atoms with Gasteiger partial charge in [0.2, 0.25) is 23.5 Å². The van der Waals surface area contributed by atoms with Crippen molar-refractivity contribution < 1.29 is 31.9 Å². The number of hydrogen-bond acceptors (Lipinski definition) is 11. The third-order valence-corrected chi connectivity index (χ3v) is 7.01. The summed E-state index contributed by atoms with van der Waals surface area (Å²) in [5.41, 5.74) is 0.618. The SMILES string of the molecule is COc1cccc(COP(Oc2ccccn2)Oc2ccccn2)c1OP(Oc1ccccn1)Oc1ccccn1. The molecular weight excluding hydrogens is 566 g/mol. The molecule has 41 heavy (non-hydrogen) atoms. The van der Waals surface area contributed by atoms with Crippen molar-refractivity contribution in [2.24, 2.45) is 0 Å². The first-order valence-electron chi connectivity index (χ1n) is 12.2. The van der Waals surface area contributed by atoms with Gasteiger partial charge in [-0.2, -0.15) is 0 Å². The van der Waals surface area contributed by atoms with Gasteiger partial charge in [-0.05, 0) is 30.3 Å². The monoisotopic (exact) mass is 590 g/mol. The van der Waals surface area contributed by atoms with Gasteiger partial charge < -0.3 is 27.4 Å². The van der Waals surface area contributed by atoms with E-state index in [4.69, 9.17) is 31.9 Å². The van der Waals surface area contributed by atoms with E-state index < -0.39 is 17.2 Å². The molecule has 5 aromatic rings. The number of hydrogen-bond donors (Lipinski definition) is 0. The zero-order chi connectivity index (χ0) is 28.1. The van der Waals surface area contributed by atoms with Crippen LogP contribution in [0.25, 0.3) is 0 Å². The van der Waals surface area contributed by atoms with E-state index in [2.05, 4.69) is 19.9 Å². The third kappa shape index (κ3) is 8.46. The minimum absolute atomic E-state index is 0.0221. The van der Waals surface area contributed by atoms with Crippen molar-refractivity contribution in [2.45, 2.75) is 6.61 Å². The lowest BCUT2D eigenvalue weighted by Crippen LogP contribution is -2.07. The Hall–Kier alpha value is -4.56. The highest BCUT2D eigenvalue weighted by Crippen LogP contribution is 2.47. The number of methoxy groups -OCH3 is 1. The number of pyridine rings is 4. The summed E-state index contributed by atoms with van der Waals surface area (Å²) < 4.78 is 41.7. The van der Waals surface area contributed by atoms with Gasteiger partial charge in [0.15, 0.2) is 11.5 Å². The van der Waals surface area contributed by atoms with Gasteiger partial charge in [0.25, 0.3) is 0 Å². The predicted octanol–water partition coefficient (Wildman–Crippen LogP) is 6.94. The second-order valence-corrected chi connectivity index (χ2v) is 9.86. The Kier molecular flexibility index (Phi) is 10.0. The molecule has 4 heterocycles. The molecule has 0 fully saturated rings. The standard InChI is InChI=1S/C28H24N4O7P2/c1-33-23-12-10-11-22(21-34-40(35-24-13-2-6-17-29-24)36-25-14-3-7-18-30-25)28(23)39-41(37-26-15-4-8-19-31-26)38-27-16-5-9-20-32-27/h2-20H,21H2,1H3. The Morgan fingerprint density at radius 1 is 0.512 bits per heavy atom. The van der Waals surface area contributed by atoms with E-state index in [-0.39, 0.29) is 6.61 Å². The highest BCUT2D eigenvalue weighted by Gasteiger charge is 2.26. The van der Waals surface area contributed by atoms with Gasteiger partial charge in [-0.3, -0.25) is 4.52 Å². The number of para-hydroxylation sites is 1. The van der Waals surface area contributed by atoms with Crippen LogP contribution in [-0.2, 0) is 11.1 Å². The summed E-state index contributed by atoms with van der Waals surface area (Å²) in [4.78, 5) is 16.9. The number of rotatable bonds is 14. The first kappa shape index (κ1) is 28.0. The van der Waals surface area contributed by atoms with Crippen molar-refractivity contribution in [2.75, 3.05) is 7.11 Å². The number of ether oxygens (including phenoxy) is 1. The van der Waals surface area contributed by atoms with Crippen LogP contribution in [0, 0.1) is 0 Å². The molecule has 0 saturated heterocycles. The largest absolute Gasteiger partial charge is 0.533 e. The van der Waals surface area contributed by atoms with Crippen molar-refractivity contribution in [1.29, 1.82) is 0 Å². The van der Waals surface area contributed by atoms with Crippen LogP contribution < -0.4 is 27.4 Å². The van der Waals surface area contributed by atoms with E-state index in [9.17, 15) is 0 Å². The molecular formula is C28H24N4O7P2. The lowest BCUT2D eigenvalue weighted by molar-refractivity contribution is 0.248. The van der Waals surface area contributed by atoms with Gasteiger partial charge in [-0.25, -0.2) is 19.9 Å². The van der Waals surface area contributed by atoms with Gasteiger partial charge in [0, 0.05) is 54.6 Å². The molecule has 1 aromatic carbocycles. The molecule has 0 aliphatic carbocycles. The summed E-state index contributed by atoms with van der Waals surface area (Å²) in [5, 5.41) is 0. The molecule has 0 amide bonds. The summed E-state index contributed by atoms with van der Waals surface area (Å²) in [6, 6.07) is 26.5. The van der Waals surface area contributed by atoms with E-state index >= 15 is 0 Å². The highest BCUT2D eigenvalue weighted by molar-refractivity contribution is 7.43. The average Bonchev–Trinajstić information content (AvgIpc) is 3.02. The van der Waals surface area contributed by atoms with Crippen LogP contribution >= 0.6 is 17.2 Å². The average molecular weight is 590 g/mol. The normalized spacial score (nSPS) is 10.7. The Morgan fingerprint density at radius 3 is 1.39 bits per heavy atom. The second-order valence-electron chi connectivity index (χ2n) is 7.80. The van der Waals surface area contributed by atoms with Gasteiger partial charge in [0.1, 0.15) is 0 Å². The molecule has 0 aliphatic rings. The van der Waals surface area contributed by atoms with Crippen LogP contribution in [0.3, 0.4) is 0 Å². The molecule has 0 saturated carbocycles. The second kappa shape index (κ2) is 14.7. The molecule has 0 bridgehead atoms. The molecule has 0 radical (unpaired) electrons. The predicted molar refractivity (Wildman–Crippen MR) is 152 cm³/mol. The van der Waals surface area contributed by atoms with Crippen LogP contribution in [0.4, 0.5) is 0 Å². The summed E-state index contributed by atoms with van der Waals surface area (Å²) in [7, 11) is -2.50. The maximum atomic E-state index is 6.28. The molecule has 0 atom stereocenters. The van der Waals surface area contributed by atoms with E-state index in [1.165, 1.54) is 7.11 Å². The Morgan fingerprint density at radius 2 is 0.976 bits per heavy atom. The van der Waals surface area contributed by atoms with E-state index in [1.807, 2.05) is 12.1 Å². The number of nitrogens with zero attached hydrogens (tertiary/aromatic N) is 4. The Balaban J connectivity index is 1.38. The summed E-state index contributed by atoms with van der Waals surface area (Å²) in [6.07, 6.45) is 6.45. The Labute approximate surface area is 239 Å². The van der Waals surface area contributed by atoms with Crippen molar-refractivity contribution in [3.8, 4) is 35.0 Å². The molecule has 11 nitrogen and oxygen atoms in total. The minimum atomic E-state index is -2.07. The van der Waals surface area contributed by atoms with Gasteiger partial charge >= 0.3 is 17.2 Å². The van der Waals surface area contributed by atoms with Crippen LogP contribution in [0.1, 0.15) is 5.56 Å². The van der Waals surface area contributed by atoms with E-state index in [0.717, 1.165) is 0 Å². The van der Waals surface area contributed by atoms with Crippen LogP contribution in [-0.4, -0.2) is 27.0 Å². The lowest BCUT2D eigenvalue weighted by Gasteiger charge is -2.21. The first-order chi connectivity index (χ1) is 20.3. The molecule has 13 heteroatoms. The topological polar surface area (TPSA) is 116 Å². The fraction of sp³-hybridized carbons (Fsp3) is 0.0714. The van der Waals surface area contributed by atoms with Gasteiger partial charge in [-0.15, -0.1) is 0 Å². The number of benzene rings is 1. The summed E-state index contributed by atoms with van der Waals surface area (Å²) in [5.74, 6) is 2.10. The molecule has 0 unspecified atom stereocenters.